The number of carbonyl (C=O) groups is 1. The van der Waals surface area contributed by atoms with E-state index in [0.29, 0.717) is 23.1 Å². The van der Waals surface area contributed by atoms with E-state index in [2.05, 4.69) is 10.4 Å². The van der Waals surface area contributed by atoms with E-state index in [4.69, 9.17) is 5.84 Å². The zero-order valence-electron chi connectivity index (χ0n) is 15.2. The molecule has 148 valence electrons. The lowest BCUT2D eigenvalue weighted by atomic mass is 10.0. The molecule has 7 nitrogen and oxygen atoms in total. The van der Waals surface area contributed by atoms with Crippen molar-refractivity contribution in [3.8, 4) is 0 Å². The van der Waals surface area contributed by atoms with Crippen LogP contribution in [0.5, 0.6) is 0 Å². The molecule has 1 aromatic heterocycles. The summed E-state index contributed by atoms with van der Waals surface area (Å²) in [5.74, 6) is 5.73. The Morgan fingerprint density at radius 2 is 1.96 bits per heavy atom. The molecule has 2 aromatic rings. The Balaban J connectivity index is 2.00. The number of carbonyl (C=O) groups excluding carboxylic acids is 1. The summed E-state index contributed by atoms with van der Waals surface area (Å²) in [6, 6.07) is 3.93. The maximum atomic E-state index is 12.7. The predicted octanol–water partition coefficient (Wildman–Crippen LogP) is 2.48. The molecule has 0 fully saturated rings. The highest BCUT2D eigenvalue weighted by atomic mass is 19.4. The van der Waals surface area contributed by atoms with Crippen molar-refractivity contribution in [2.24, 2.45) is 0 Å². The molecule has 0 aliphatic rings. The highest BCUT2D eigenvalue weighted by molar-refractivity contribution is 5.75. The molecular formula is C17H22F3N5O2. The van der Waals surface area contributed by atoms with Gasteiger partial charge >= 0.3 is 17.9 Å². The van der Waals surface area contributed by atoms with Gasteiger partial charge in [0.05, 0.1) is 5.56 Å². The maximum absolute atomic E-state index is 12.7. The number of hydrogen-bond acceptors (Lipinski definition) is 4. The van der Waals surface area contributed by atoms with E-state index in [0.717, 1.165) is 16.8 Å². The molecule has 0 saturated heterocycles. The zero-order chi connectivity index (χ0) is 20.4. The number of halogens is 3. The zero-order valence-corrected chi connectivity index (χ0v) is 15.2. The highest BCUT2D eigenvalue weighted by Gasteiger charge is 2.30. The normalized spacial score (nSPS) is 13.0. The van der Waals surface area contributed by atoms with Crippen molar-refractivity contribution in [2.75, 3.05) is 5.84 Å². The average molecular weight is 385 g/mol. The summed E-state index contributed by atoms with van der Waals surface area (Å²) in [6.45, 7) is 5.26. The topological polar surface area (TPSA) is 94.9 Å². The Morgan fingerprint density at radius 3 is 2.52 bits per heavy atom. The smallest absolute Gasteiger partial charge is 0.334 e. The van der Waals surface area contributed by atoms with Crippen LogP contribution in [0.1, 0.15) is 50.1 Å². The van der Waals surface area contributed by atoms with Crippen molar-refractivity contribution in [1.82, 2.24) is 19.8 Å². The molecule has 0 aliphatic heterocycles. The fourth-order valence-corrected chi connectivity index (χ4v) is 2.55. The van der Waals surface area contributed by atoms with Gasteiger partial charge in [0.2, 0.25) is 0 Å². The van der Waals surface area contributed by atoms with E-state index in [1.54, 1.807) is 26.8 Å². The van der Waals surface area contributed by atoms with Crippen LogP contribution in [-0.2, 0) is 12.6 Å². The van der Waals surface area contributed by atoms with Crippen molar-refractivity contribution in [3.05, 3.63) is 51.7 Å². The van der Waals surface area contributed by atoms with Crippen LogP contribution in [0.2, 0.25) is 0 Å². The number of rotatable bonds is 5. The van der Waals surface area contributed by atoms with Gasteiger partial charge < -0.3 is 11.2 Å². The van der Waals surface area contributed by atoms with E-state index in [9.17, 15) is 22.8 Å². The van der Waals surface area contributed by atoms with Crippen LogP contribution >= 0.6 is 0 Å². The monoisotopic (exact) mass is 385 g/mol. The Labute approximate surface area is 153 Å². The Hall–Kier alpha value is -2.78. The van der Waals surface area contributed by atoms with Crippen LogP contribution in [0, 0.1) is 0 Å². The summed E-state index contributed by atoms with van der Waals surface area (Å²) < 4.78 is 39.7. The number of amides is 1. The molecule has 0 spiro atoms. The van der Waals surface area contributed by atoms with Gasteiger partial charge in [-0.25, -0.2) is 9.59 Å². The van der Waals surface area contributed by atoms with E-state index in [-0.39, 0.29) is 17.8 Å². The van der Waals surface area contributed by atoms with Crippen LogP contribution in [0.3, 0.4) is 0 Å². The SMILES string of the molecule is CC(CCc1cccc(C(F)(F)F)c1)NC(=O)n1nc(C(C)C)n(N)c1=O. The lowest BCUT2D eigenvalue weighted by Gasteiger charge is -2.14. The highest BCUT2D eigenvalue weighted by Crippen LogP contribution is 2.29. The molecule has 3 N–H and O–H groups in total. The molecule has 0 radical (unpaired) electrons. The van der Waals surface area contributed by atoms with Gasteiger partial charge in [0.25, 0.3) is 0 Å². The molecule has 0 bridgehead atoms. The Morgan fingerprint density at radius 1 is 1.30 bits per heavy atom. The van der Waals surface area contributed by atoms with E-state index < -0.39 is 23.5 Å². The number of aromatic nitrogens is 3. The number of aryl methyl sites for hydroxylation is 1. The molecule has 1 aromatic carbocycles. The summed E-state index contributed by atoms with van der Waals surface area (Å²) in [5.41, 5.74) is -0.962. The maximum Gasteiger partial charge on any atom is 0.416 e. The first-order valence-electron chi connectivity index (χ1n) is 8.44. The number of alkyl halides is 3. The van der Waals surface area contributed by atoms with Gasteiger partial charge in [-0.2, -0.15) is 17.8 Å². The van der Waals surface area contributed by atoms with Gasteiger partial charge in [-0.15, -0.1) is 9.78 Å². The second-order valence-electron chi connectivity index (χ2n) is 6.66. The molecule has 27 heavy (non-hydrogen) atoms. The summed E-state index contributed by atoms with van der Waals surface area (Å²) in [7, 11) is 0. The number of nitrogens with one attached hydrogen (secondary N) is 1. The van der Waals surface area contributed by atoms with Gasteiger partial charge in [-0.05, 0) is 31.4 Å². The van der Waals surface area contributed by atoms with Gasteiger partial charge in [0, 0.05) is 12.0 Å². The third-order valence-electron chi connectivity index (χ3n) is 4.04. The molecule has 1 heterocycles. The van der Waals surface area contributed by atoms with Crippen LogP contribution in [0.4, 0.5) is 18.0 Å². The Kier molecular flexibility index (Phi) is 5.97. The first-order valence-corrected chi connectivity index (χ1v) is 8.44. The molecule has 1 unspecified atom stereocenters. The predicted molar refractivity (Wildman–Crippen MR) is 93.9 cm³/mol. The van der Waals surface area contributed by atoms with Crippen molar-refractivity contribution in [1.29, 1.82) is 0 Å². The second-order valence-corrected chi connectivity index (χ2v) is 6.66. The minimum atomic E-state index is -4.40. The largest absolute Gasteiger partial charge is 0.416 e. The fraction of sp³-hybridized carbons (Fsp3) is 0.471. The summed E-state index contributed by atoms with van der Waals surface area (Å²) >= 11 is 0. The molecule has 1 atom stereocenters. The standard InChI is InChI=1S/C17H22F3N5O2/c1-10(2)14-23-25(16(27)24(14)21)15(26)22-11(3)7-8-12-5-4-6-13(9-12)17(18,19)20/h4-6,9-11H,7-8,21H2,1-3H3,(H,22,26). The minimum Gasteiger partial charge on any atom is -0.334 e. The number of nitrogens with two attached hydrogens (primary N) is 1. The van der Waals surface area contributed by atoms with Crippen molar-refractivity contribution < 1.29 is 18.0 Å². The molecular weight excluding hydrogens is 363 g/mol. The van der Waals surface area contributed by atoms with Crippen LogP contribution in [-0.4, -0.2) is 26.5 Å². The molecule has 0 saturated carbocycles. The molecule has 2 rings (SSSR count). The lowest BCUT2D eigenvalue weighted by molar-refractivity contribution is -0.137. The lowest BCUT2D eigenvalue weighted by Crippen LogP contribution is -2.42. The second kappa shape index (κ2) is 7.85. The van der Waals surface area contributed by atoms with Crippen molar-refractivity contribution in [2.45, 2.75) is 51.7 Å². The number of benzene rings is 1. The summed E-state index contributed by atoms with van der Waals surface area (Å²) in [6.07, 6.45) is -3.67. The van der Waals surface area contributed by atoms with Crippen molar-refractivity contribution >= 4 is 6.03 Å². The quantitative estimate of drug-likeness (QED) is 0.773. The number of hydrogen-bond donors (Lipinski definition) is 2. The number of nitrogens with zero attached hydrogens (tertiary/aromatic N) is 3. The minimum absolute atomic E-state index is 0.143. The third-order valence-corrected chi connectivity index (χ3v) is 4.04. The third kappa shape index (κ3) is 4.89. The average Bonchev–Trinajstić information content (AvgIpc) is 2.88. The first kappa shape index (κ1) is 20.5. The van der Waals surface area contributed by atoms with E-state index in [1.165, 1.54) is 6.07 Å². The van der Waals surface area contributed by atoms with Gasteiger partial charge in [-0.3, -0.25) is 0 Å². The Bertz CT molecular complexity index is 870. The number of nitrogen functional groups attached to an aromatic ring is 1. The molecule has 1 amide bonds. The van der Waals surface area contributed by atoms with E-state index in [1.807, 2.05) is 0 Å². The van der Waals surface area contributed by atoms with Gasteiger partial charge in [0.15, 0.2) is 5.82 Å². The molecule has 0 aliphatic carbocycles. The van der Waals surface area contributed by atoms with Crippen molar-refractivity contribution in [3.63, 3.8) is 0 Å². The van der Waals surface area contributed by atoms with Crippen LogP contribution in [0.25, 0.3) is 0 Å². The summed E-state index contributed by atoms with van der Waals surface area (Å²) in [5, 5.41) is 6.53. The fourth-order valence-electron chi connectivity index (χ4n) is 2.55. The first-order chi connectivity index (χ1) is 12.5. The van der Waals surface area contributed by atoms with Gasteiger partial charge in [-0.1, -0.05) is 32.0 Å². The van der Waals surface area contributed by atoms with Crippen LogP contribution < -0.4 is 16.8 Å². The van der Waals surface area contributed by atoms with Gasteiger partial charge in [0.1, 0.15) is 0 Å². The summed E-state index contributed by atoms with van der Waals surface area (Å²) in [4.78, 5) is 24.2. The molecule has 10 heteroatoms. The van der Waals surface area contributed by atoms with Crippen LogP contribution in [0.15, 0.2) is 29.1 Å². The van der Waals surface area contributed by atoms with E-state index >= 15 is 0 Å².